The lowest BCUT2D eigenvalue weighted by Crippen LogP contribution is -2.42. The van der Waals surface area contributed by atoms with Crippen LogP contribution in [0.4, 0.5) is 0 Å². The van der Waals surface area contributed by atoms with E-state index in [4.69, 9.17) is 26.4 Å². The van der Waals surface area contributed by atoms with Crippen LogP contribution in [0, 0.1) is 0 Å². The molecule has 0 saturated carbocycles. The largest absolute Gasteiger partial charge is 0.484 e. The van der Waals surface area contributed by atoms with Crippen LogP contribution in [-0.2, 0) is 23.9 Å². The number of nitrogens with zero attached hydrogens (tertiary/aromatic N) is 2. The van der Waals surface area contributed by atoms with Gasteiger partial charge in [0.05, 0.1) is 24.7 Å². The smallest absolute Gasteiger partial charge is 0.305 e. The van der Waals surface area contributed by atoms with Gasteiger partial charge in [-0.05, 0) is 36.6 Å². The maximum Gasteiger partial charge on any atom is 0.305 e. The third-order valence-corrected chi connectivity index (χ3v) is 6.39. The number of carbonyl (C=O) groups excluding carboxylic acids is 3. The second kappa shape index (κ2) is 12.7. The van der Waals surface area contributed by atoms with Crippen LogP contribution in [0.15, 0.2) is 29.2 Å². The summed E-state index contributed by atoms with van der Waals surface area (Å²) < 4.78 is 16.4. The molecule has 1 aromatic rings. The lowest BCUT2D eigenvalue weighted by atomic mass is 10.2. The van der Waals surface area contributed by atoms with Crippen LogP contribution < -0.4 is 4.74 Å². The summed E-state index contributed by atoms with van der Waals surface area (Å²) in [6, 6.07) is 7.18. The molecule has 33 heavy (non-hydrogen) atoms. The Morgan fingerprint density at radius 3 is 2.64 bits per heavy atom. The molecule has 0 atom stereocenters. The number of esters is 1. The van der Waals surface area contributed by atoms with Crippen LogP contribution in [-0.4, -0.2) is 78.0 Å². The Bertz CT molecular complexity index is 897. The van der Waals surface area contributed by atoms with Gasteiger partial charge in [0.15, 0.2) is 6.61 Å². The van der Waals surface area contributed by atoms with Crippen molar-refractivity contribution in [3.8, 4) is 5.75 Å². The average Bonchev–Trinajstić information content (AvgIpc) is 3.10. The van der Waals surface area contributed by atoms with Gasteiger partial charge in [0.2, 0.25) is 0 Å². The van der Waals surface area contributed by atoms with Crippen LogP contribution in [0.5, 0.6) is 5.75 Å². The van der Waals surface area contributed by atoms with Crippen molar-refractivity contribution in [1.29, 1.82) is 0 Å². The van der Waals surface area contributed by atoms with Gasteiger partial charge in [0, 0.05) is 26.1 Å². The Morgan fingerprint density at radius 2 is 1.94 bits per heavy atom. The molecular weight excluding hydrogens is 464 g/mol. The molecule has 3 rings (SSSR count). The zero-order chi connectivity index (χ0) is 23.6. The topological polar surface area (TPSA) is 85.4 Å². The first-order valence-electron chi connectivity index (χ1n) is 11.0. The summed E-state index contributed by atoms with van der Waals surface area (Å²) in [4.78, 5) is 40.3. The highest BCUT2D eigenvalue weighted by Gasteiger charge is 2.31. The fraction of sp³-hybridized carbons (Fsp3) is 0.478. The minimum atomic E-state index is -0.258. The summed E-state index contributed by atoms with van der Waals surface area (Å²) >= 11 is 6.59. The maximum atomic E-state index is 12.7. The van der Waals surface area contributed by atoms with Crippen LogP contribution in [0.25, 0.3) is 6.08 Å². The van der Waals surface area contributed by atoms with Crippen LogP contribution in [0.2, 0.25) is 0 Å². The number of morpholine rings is 1. The average molecular weight is 493 g/mol. The molecular formula is C23H28N2O6S2. The Balaban J connectivity index is 1.48. The van der Waals surface area contributed by atoms with Gasteiger partial charge >= 0.3 is 5.97 Å². The number of rotatable bonds is 10. The molecule has 2 aliphatic heterocycles. The van der Waals surface area contributed by atoms with Crippen molar-refractivity contribution in [2.24, 2.45) is 0 Å². The summed E-state index contributed by atoms with van der Waals surface area (Å²) in [6.07, 6.45) is 3.31. The lowest BCUT2D eigenvalue weighted by molar-refractivity contribution is -0.144. The zero-order valence-electron chi connectivity index (χ0n) is 18.6. The first-order valence-corrected chi connectivity index (χ1v) is 12.2. The van der Waals surface area contributed by atoms with E-state index in [1.165, 1.54) is 16.7 Å². The van der Waals surface area contributed by atoms with E-state index < -0.39 is 0 Å². The van der Waals surface area contributed by atoms with Gasteiger partial charge < -0.3 is 19.1 Å². The normalized spacial score (nSPS) is 17.5. The predicted molar refractivity (Wildman–Crippen MR) is 130 cm³/mol. The van der Waals surface area contributed by atoms with Crippen molar-refractivity contribution in [3.05, 3.63) is 34.7 Å². The maximum absolute atomic E-state index is 12.7. The molecule has 1 aromatic carbocycles. The van der Waals surface area contributed by atoms with Crippen molar-refractivity contribution in [3.63, 3.8) is 0 Å². The quantitative estimate of drug-likeness (QED) is 0.280. The summed E-state index contributed by atoms with van der Waals surface area (Å²) in [5.74, 6) is 0.0936. The minimum absolute atomic E-state index is 0.0238. The molecule has 2 saturated heterocycles. The van der Waals surface area contributed by atoms with E-state index in [2.05, 4.69) is 0 Å². The number of ether oxygens (including phenoxy) is 3. The van der Waals surface area contributed by atoms with Crippen LogP contribution in [0.1, 0.15) is 31.7 Å². The van der Waals surface area contributed by atoms with E-state index in [0.717, 1.165) is 12.0 Å². The van der Waals surface area contributed by atoms with Crippen molar-refractivity contribution in [2.45, 2.75) is 26.2 Å². The van der Waals surface area contributed by atoms with E-state index in [1.54, 1.807) is 23.1 Å². The number of thiocarbonyl (C=S) groups is 1. The molecule has 2 amide bonds. The van der Waals surface area contributed by atoms with Gasteiger partial charge in [0.1, 0.15) is 10.1 Å². The Hall–Kier alpha value is -2.43. The Labute approximate surface area is 203 Å². The van der Waals surface area contributed by atoms with Gasteiger partial charge in [-0.15, -0.1) is 0 Å². The van der Waals surface area contributed by atoms with Gasteiger partial charge in [-0.3, -0.25) is 19.3 Å². The number of hydrogen-bond donors (Lipinski definition) is 0. The molecule has 0 spiro atoms. The summed E-state index contributed by atoms with van der Waals surface area (Å²) in [5, 5.41) is 0. The molecule has 0 aromatic heterocycles. The lowest BCUT2D eigenvalue weighted by Gasteiger charge is -2.26. The summed E-state index contributed by atoms with van der Waals surface area (Å²) in [5.41, 5.74) is 0.825. The summed E-state index contributed by atoms with van der Waals surface area (Å²) in [7, 11) is 0. The van der Waals surface area contributed by atoms with E-state index in [-0.39, 0.29) is 30.8 Å². The molecule has 0 unspecified atom stereocenters. The molecule has 10 heteroatoms. The number of benzene rings is 1. The van der Waals surface area contributed by atoms with Crippen molar-refractivity contribution in [1.82, 2.24) is 9.80 Å². The molecule has 0 aliphatic carbocycles. The number of thioether (sulfide) groups is 1. The zero-order valence-corrected chi connectivity index (χ0v) is 20.3. The van der Waals surface area contributed by atoms with E-state index >= 15 is 0 Å². The molecule has 8 nitrogen and oxygen atoms in total. The highest BCUT2D eigenvalue weighted by Crippen LogP contribution is 2.33. The van der Waals surface area contributed by atoms with Gasteiger partial charge in [-0.2, -0.15) is 0 Å². The van der Waals surface area contributed by atoms with Crippen molar-refractivity contribution >= 4 is 52.2 Å². The van der Waals surface area contributed by atoms with Gasteiger partial charge in [-0.25, -0.2) is 0 Å². The number of hydrogen-bond acceptors (Lipinski definition) is 8. The van der Waals surface area contributed by atoms with Crippen LogP contribution >= 0.6 is 24.0 Å². The number of carbonyl (C=O) groups is 3. The third-order valence-electron chi connectivity index (χ3n) is 5.01. The monoisotopic (exact) mass is 492 g/mol. The molecule has 2 heterocycles. The Kier molecular flexibility index (Phi) is 9.71. The fourth-order valence-electron chi connectivity index (χ4n) is 3.22. The third kappa shape index (κ3) is 7.55. The van der Waals surface area contributed by atoms with E-state index in [1.807, 2.05) is 19.1 Å². The SMILES string of the molecule is CCCOC(=O)CCCN1C(=O)/C(=C\c2ccc(OCC(=O)N3CCOCC3)cc2)SC1=S. The van der Waals surface area contributed by atoms with E-state index in [9.17, 15) is 14.4 Å². The standard InChI is InChI=1S/C23H28N2O6S2/c1-2-12-30-21(27)4-3-9-25-22(28)19(33-23(25)32)15-17-5-7-18(8-6-17)31-16-20(26)24-10-13-29-14-11-24/h5-8,15H,2-4,9-14,16H2,1H3/b19-15+. The van der Waals surface area contributed by atoms with E-state index in [0.29, 0.717) is 60.9 Å². The molecule has 2 fully saturated rings. The first-order chi connectivity index (χ1) is 16.0. The Morgan fingerprint density at radius 1 is 1.21 bits per heavy atom. The van der Waals surface area contributed by atoms with Gasteiger partial charge in [-0.1, -0.05) is 43.0 Å². The minimum Gasteiger partial charge on any atom is -0.484 e. The first kappa shape index (κ1) is 25.2. The molecule has 2 aliphatic rings. The highest BCUT2D eigenvalue weighted by molar-refractivity contribution is 8.26. The van der Waals surface area contributed by atoms with Crippen molar-refractivity contribution in [2.75, 3.05) is 46.1 Å². The summed E-state index contributed by atoms with van der Waals surface area (Å²) in [6.45, 7) is 4.99. The van der Waals surface area contributed by atoms with Crippen LogP contribution in [0.3, 0.4) is 0 Å². The fourth-order valence-corrected chi connectivity index (χ4v) is 4.53. The molecule has 0 N–H and O–H groups in total. The highest BCUT2D eigenvalue weighted by atomic mass is 32.2. The second-order valence-corrected chi connectivity index (χ2v) is 9.18. The van der Waals surface area contributed by atoms with Crippen molar-refractivity contribution < 1.29 is 28.6 Å². The molecule has 0 bridgehead atoms. The number of amides is 2. The molecule has 0 radical (unpaired) electrons. The van der Waals surface area contributed by atoms with Gasteiger partial charge in [0.25, 0.3) is 11.8 Å². The predicted octanol–water partition coefficient (Wildman–Crippen LogP) is 2.86. The molecule has 178 valence electrons. The second-order valence-electron chi connectivity index (χ2n) is 7.51.